The van der Waals surface area contributed by atoms with Gasteiger partial charge in [0, 0.05) is 33.1 Å². The van der Waals surface area contributed by atoms with Crippen molar-refractivity contribution in [3.8, 4) is 0 Å². The molecule has 2 heterocycles. The van der Waals surface area contributed by atoms with Crippen LogP contribution in [0.1, 0.15) is 26.6 Å². The summed E-state index contributed by atoms with van der Waals surface area (Å²) in [6, 6.07) is 0. The normalized spacial score (nSPS) is 11.7. The Labute approximate surface area is 123 Å². The summed E-state index contributed by atoms with van der Waals surface area (Å²) >= 11 is 0. The molecule has 0 radical (unpaired) electrons. The maximum Gasteiger partial charge on any atom is 0.332 e. The molecule has 0 bridgehead atoms. The molecule has 2 aromatic heterocycles. The standard InChI is InChI=1S/C14H23N5O2/c1-5-18-13(20)11-12(17(4)14(18)21)16-10(8-9(2)3)19(11)7-6-15/h9H,5-8,15H2,1-4H3. The Hall–Kier alpha value is -1.89. The van der Waals surface area contributed by atoms with Crippen LogP contribution in [-0.4, -0.2) is 25.2 Å². The first-order valence-corrected chi connectivity index (χ1v) is 7.31. The molecule has 0 atom stereocenters. The van der Waals surface area contributed by atoms with Crippen molar-refractivity contribution in [3.05, 3.63) is 26.7 Å². The Morgan fingerprint density at radius 2 is 1.90 bits per heavy atom. The number of nitrogens with two attached hydrogens (primary N) is 1. The van der Waals surface area contributed by atoms with Crippen LogP contribution in [0, 0.1) is 5.92 Å². The van der Waals surface area contributed by atoms with Crippen molar-refractivity contribution < 1.29 is 0 Å². The fourth-order valence-electron chi connectivity index (χ4n) is 2.59. The van der Waals surface area contributed by atoms with Crippen LogP contribution in [0.2, 0.25) is 0 Å². The molecule has 116 valence electrons. The Morgan fingerprint density at radius 1 is 1.24 bits per heavy atom. The summed E-state index contributed by atoms with van der Waals surface area (Å²) in [7, 11) is 1.65. The number of hydrogen-bond acceptors (Lipinski definition) is 4. The van der Waals surface area contributed by atoms with E-state index in [9.17, 15) is 9.59 Å². The lowest BCUT2D eigenvalue weighted by molar-refractivity contribution is 0.579. The number of imidazole rings is 1. The minimum atomic E-state index is -0.330. The predicted molar refractivity (Wildman–Crippen MR) is 82.5 cm³/mol. The van der Waals surface area contributed by atoms with E-state index < -0.39 is 0 Å². The van der Waals surface area contributed by atoms with Gasteiger partial charge in [-0.2, -0.15) is 0 Å². The quantitative estimate of drug-likeness (QED) is 0.845. The minimum Gasteiger partial charge on any atom is -0.329 e. The van der Waals surface area contributed by atoms with Crippen LogP contribution in [0.3, 0.4) is 0 Å². The third-order valence-corrected chi connectivity index (χ3v) is 3.57. The SMILES string of the molecule is CCn1c(=O)c2c(nc(CC(C)C)n2CCN)n(C)c1=O. The Bertz CT molecular complexity index is 766. The minimum absolute atomic E-state index is 0.286. The molecule has 0 aliphatic heterocycles. The Kier molecular flexibility index (Phi) is 4.32. The zero-order valence-electron chi connectivity index (χ0n) is 13.1. The third kappa shape index (κ3) is 2.53. The fourth-order valence-corrected chi connectivity index (χ4v) is 2.59. The van der Waals surface area contributed by atoms with E-state index in [1.54, 1.807) is 14.0 Å². The van der Waals surface area contributed by atoms with Crippen LogP contribution in [0.25, 0.3) is 11.2 Å². The summed E-state index contributed by atoms with van der Waals surface area (Å²) in [5.41, 5.74) is 5.97. The van der Waals surface area contributed by atoms with Crippen molar-refractivity contribution in [2.75, 3.05) is 6.54 Å². The van der Waals surface area contributed by atoms with Gasteiger partial charge >= 0.3 is 5.69 Å². The summed E-state index contributed by atoms with van der Waals surface area (Å²) in [5, 5.41) is 0. The van der Waals surface area contributed by atoms with Gasteiger partial charge in [0.15, 0.2) is 11.2 Å². The third-order valence-electron chi connectivity index (χ3n) is 3.57. The van der Waals surface area contributed by atoms with Crippen LogP contribution < -0.4 is 17.0 Å². The monoisotopic (exact) mass is 293 g/mol. The Morgan fingerprint density at radius 3 is 2.43 bits per heavy atom. The van der Waals surface area contributed by atoms with Gasteiger partial charge in [-0.3, -0.25) is 13.9 Å². The van der Waals surface area contributed by atoms with E-state index in [0.717, 1.165) is 12.2 Å². The maximum atomic E-state index is 12.6. The van der Waals surface area contributed by atoms with Gasteiger partial charge in [-0.15, -0.1) is 0 Å². The first-order chi connectivity index (χ1) is 9.92. The number of fused-ring (bicyclic) bond motifs is 1. The smallest absolute Gasteiger partial charge is 0.329 e. The van der Waals surface area contributed by atoms with Crippen molar-refractivity contribution in [2.45, 2.75) is 40.3 Å². The van der Waals surface area contributed by atoms with Gasteiger partial charge in [-0.25, -0.2) is 9.78 Å². The molecule has 0 aliphatic rings. The van der Waals surface area contributed by atoms with E-state index in [1.165, 1.54) is 9.13 Å². The van der Waals surface area contributed by atoms with Crippen LogP contribution >= 0.6 is 0 Å². The van der Waals surface area contributed by atoms with Crippen LogP contribution in [0.5, 0.6) is 0 Å². The summed E-state index contributed by atoms with van der Waals surface area (Å²) in [5.74, 6) is 1.22. The molecule has 0 spiro atoms. The zero-order chi connectivity index (χ0) is 15.7. The second-order valence-electron chi connectivity index (χ2n) is 5.63. The highest BCUT2D eigenvalue weighted by molar-refractivity contribution is 5.71. The summed E-state index contributed by atoms with van der Waals surface area (Å²) in [4.78, 5) is 29.3. The first kappa shape index (κ1) is 15.5. The largest absolute Gasteiger partial charge is 0.332 e. The molecule has 0 aliphatic carbocycles. The lowest BCUT2D eigenvalue weighted by atomic mass is 10.1. The number of nitrogens with zero attached hydrogens (tertiary/aromatic N) is 4. The van der Waals surface area contributed by atoms with Gasteiger partial charge in [0.2, 0.25) is 0 Å². The second-order valence-corrected chi connectivity index (χ2v) is 5.63. The molecule has 2 aromatic rings. The van der Waals surface area contributed by atoms with Gasteiger partial charge in [0.05, 0.1) is 0 Å². The molecule has 0 saturated heterocycles. The van der Waals surface area contributed by atoms with Crippen molar-refractivity contribution in [1.29, 1.82) is 0 Å². The topological polar surface area (TPSA) is 87.8 Å². The molecule has 21 heavy (non-hydrogen) atoms. The van der Waals surface area contributed by atoms with Crippen molar-refractivity contribution in [3.63, 3.8) is 0 Å². The maximum absolute atomic E-state index is 12.6. The summed E-state index contributed by atoms with van der Waals surface area (Å²) in [6.45, 7) is 7.26. The average Bonchev–Trinajstić information content (AvgIpc) is 2.76. The average molecular weight is 293 g/mol. The lowest BCUT2D eigenvalue weighted by Gasteiger charge is -2.10. The lowest BCUT2D eigenvalue weighted by Crippen LogP contribution is -2.39. The van der Waals surface area contributed by atoms with E-state index >= 15 is 0 Å². The van der Waals surface area contributed by atoms with Crippen LogP contribution in [0.15, 0.2) is 9.59 Å². The van der Waals surface area contributed by atoms with E-state index in [1.807, 2.05) is 4.57 Å². The number of hydrogen-bond donors (Lipinski definition) is 1. The van der Waals surface area contributed by atoms with Gasteiger partial charge in [0.1, 0.15) is 5.82 Å². The number of aryl methyl sites for hydroxylation is 1. The zero-order valence-corrected chi connectivity index (χ0v) is 13.1. The number of aromatic nitrogens is 4. The van der Waals surface area contributed by atoms with Crippen LogP contribution in [-0.2, 0) is 26.6 Å². The molecule has 2 N–H and O–H groups in total. The number of rotatable bonds is 5. The van der Waals surface area contributed by atoms with Gasteiger partial charge in [-0.1, -0.05) is 13.8 Å². The van der Waals surface area contributed by atoms with E-state index in [2.05, 4.69) is 18.8 Å². The van der Waals surface area contributed by atoms with Crippen molar-refractivity contribution in [1.82, 2.24) is 18.7 Å². The second kappa shape index (κ2) is 5.85. The first-order valence-electron chi connectivity index (χ1n) is 7.31. The summed E-state index contributed by atoms with van der Waals surface area (Å²) in [6.07, 6.45) is 0.744. The molecule has 0 fully saturated rings. The van der Waals surface area contributed by atoms with Gasteiger partial charge in [0.25, 0.3) is 5.56 Å². The predicted octanol–water partition coefficient (Wildman–Crippen LogP) is 0.0738. The molecule has 7 nitrogen and oxygen atoms in total. The molecule has 0 saturated carbocycles. The molecule has 2 rings (SSSR count). The highest BCUT2D eigenvalue weighted by Gasteiger charge is 2.19. The molecular formula is C14H23N5O2. The van der Waals surface area contributed by atoms with E-state index in [4.69, 9.17) is 5.73 Å². The van der Waals surface area contributed by atoms with Crippen molar-refractivity contribution in [2.24, 2.45) is 18.7 Å². The summed E-state index contributed by atoms with van der Waals surface area (Å²) < 4.78 is 4.54. The molecule has 0 aromatic carbocycles. The van der Waals surface area contributed by atoms with Crippen molar-refractivity contribution >= 4 is 11.2 Å². The highest BCUT2D eigenvalue weighted by atomic mass is 16.2. The van der Waals surface area contributed by atoms with Gasteiger partial charge < -0.3 is 10.3 Å². The molecular weight excluding hydrogens is 270 g/mol. The molecule has 7 heteroatoms. The Balaban J connectivity index is 2.88. The van der Waals surface area contributed by atoms with Gasteiger partial charge in [-0.05, 0) is 12.8 Å². The fraction of sp³-hybridized carbons (Fsp3) is 0.643. The van der Waals surface area contributed by atoms with E-state index in [-0.39, 0.29) is 11.2 Å². The highest BCUT2D eigenvalue weighted by Crippen LogP contribution is 2.14. The van der Waals surface area contributed by atoms with E-state index in [0.29, 0.717) is 36.7 Å². The molecule has 0 unspecified atom stereocenters. The van der Waals surface area contributed by atoms with Crippen LogP contribution in [0.4, 0.5) is 0 Å². The molecule has 0 amide bonds.